The van der Waals surface area contributed by atoms with E-state index in [-0.39, 0.29) is 11.8 Å². The smallest absolute Gasteiger partial charge is 0.254 e. The maximum Gasteiger partial charge on any atom is 0.254 e. The molecule has 2 amide bonds. The summed E-state index contributed by atoms with van der Waals surface area (Å²) in [7, 11) is 1.84. The van der Waals surface area contributed by atoms with E-state index in [1.165, 1.54) is 0 Å². The number of likely N-dealkylation sites (tertiary alicyclic amines) is 1. The minimum atomic E-state index is -0.827. The first-order valence-electron chi connectivity index (χ1n) is 10.1. The highest BCUT2D eigenvalue weighted by atomic mass is 16.2. The highest BCUT2D eigenvalue weighted by molar-refractivity contribution is 6.08. The molecule has 30 heavy (non-hydrogen) atoms. The van der Waals surface area contributed by atoms with Crippen LogP contribution in [-0.2, 0) is 17.3 Å². The summed E-state index contributed by atoms with van der Waals surface area (Å²) in [4.78, 5) is 33.2. The number of anilines is 1. The Morgan fingerprint density at radius 2 is 1.93 bits per heavy atom. The number of nitrogens with zero attached hydrogens (tertiary/aromatic N) is 4. The Hall–Kier alpha value is -3.48. The summed E-state index contributed by atoms with van der Waals surface area (Å²) in [5.74, 6) is -0.151. The molecule has 0 saturated carbocycles. The van der Waals surface area contributed by atoms with Gasteiger partial charge in [0.2, 0.25) is 5.91 Å². The monoisotopic (exact) mass is 401 g/mol. The Balaban J connectivity index is 1.66. The van der Waals surface area contributed by atoms with Crippen molar-refractivity contribution in [3.63, 3.8) is 0 Å². The van der Waals surface area contributed by atoms with Crippen LogP contribution in [0.3, 0.4) is 0 Å². The number of carbonyl (C=O) groups is 2. The Labute approximate surface area is 174 Å². The van der Waals surface area contributed by atoms with Crippen molar-refractivity contribution in [2.75, 3.05) is 11.9 Å². The fourth-order valence-electron chi connectivity index (χ4n) is 5.07. The molecule has 5 rings (SSSR count). The van der Waals surface area contributed by atoms with Crippen molar-refractivity contribution in [3.05, 3.63) is 76.9 Å². The van der Waals surface area contributed by atoms with Crippen LogP contribution >= 0.6 is 0 Å². The molecule has 2 aliphatic rings. The van der Waals surface area contributed by atoms with E-state index >= 15 is 0 Å². The number of fused-ring (bicyclic) bond motifs is 2. The number of hydrogen-bond donors (Lipinski definition) is 1. The molecular weight excluding hydrogens is 378 g/mol. The van der Waals surface area contributed by atoms with Crippen LogP contribution in [-0.4, -0.2) is 38.0 Å². The third-order valence-corrected chi connectivity index (χ3v) is 6.22. The van der Waals surface area contributed by atoms with E-state index in [0.717, 1.165) is 28.2 Å². The van der Waals surface area contributed by atoms with Gasteiger partial charge in [0.15, 0.2) is 0 Å². The molecule has 2 atom stereocenters. The van der Waals surface area contributed by atoms with Gasteiger partial charge in [-0.25, -0.2) is 0 Å². The van der Waals surface area contributed by atoms with Crippen LogP contribution in [0.4, 0.5) is 5.69 Å². The van der Waals surface area contributed by atoms with E-state index in [1.54, 1.807) is 10.9 Å². The van der Waals surface area contributed by atoms with Gasteiger partial charge in [-0.2, -0.15) is 5.10 Å². The summed E-state index contributed by atoms with van der Waals surface area (Å²) in [5, 5.41) is 7.37. The number of rotatable bonds is 2. The molecule has 7 nitrogen and oxygen atoms in total. The van der Waals surface area contributed by atoms with Crippen LogP contribution in [0.2, 0.25) is 0 Å². The van der Waals surface area contributed by atoms with E-state index < -0.39 is 11.5 Å². The zero-order chi connectivity index (χ0) is 21.0. The van der Waals surface area contributed by atoms with Crippen LogP contribution in [0.15, 0.2) is 48.8 Å². The van der Waals surface area contributed by atoms with Crippen molar-refractivity contribution in [2.24, 2.45) is 7.05 Å². The van der Waals surface area contributed by atoms with E-state index in [2.05, 4.69) is 15.4 Å². The van der Waals surface area contributed by atoms with Gasteiger partial charge in [-0.15, -0.1) is 0 Å². The molecule has 1 N–H and O–H groups in total. The standard InChI is InChI=1S/C23H23N5O2/c1-14-10-16(11-15(2)25-14)21(29)28-9-8-23(20(28)17-12-24-27(3)13-17)18-6-4-5-7-19(18)26-22(23)30/h4-7,10-13,20H,8-9H2,1-3H3,(H,26,30)/t20-,23+/m0/s1. The van der Waals surface area contributed by atoms with Gasteiger partial charge >= 0.3 is 0 Å². The normalized spacial score (nSPS) is 22.4. The first-order valence-corrected chi connectivity index (χ1v) is 10.1. The number of aromatic nitrogens is 3. The third kappa shape index (κ3) is 2.58. The Morgan fingerprint density at radius 1 is 1.20 bits per heavy atom. The zero-order valence-electron chi connectivity index (χ0n) is 17.2. The average molecular weight is 401 g/mol. The topological polar surface area (TPSA) is 80.1 Å². The van der Waals surface area contributed by atoms with Gasteiger partial charge in [0.05, 0.1) is 12.2 Å². The number of para-hydroxylation sites is 1. The van der Waals surface area contributed by atoms with Gasteiger partial charge in [-0.3, -0.25) is 19.3 Å². The summed E-state index contributed by atoms with van der Waals surface area (Å²) in [6.45, 7) is 4.25. The molecule has 0 unspecified atom stereocenters. The van der Waals surface area contributed by atoms with Crippen molar-refractivity contribution >= 4 is 17.5 Å². The van der Waals surface area contributed by atoms with Gasteiger partial charge in [-0.1, -0.05) is 18.2 Å². The van der Waals surface area contributed by atoms with Gasteiger partial charge in [0, 0.05) is 48.0 Å². The number of carbonyl (C=O) groups excluding carboxylic acids is 2. The summed E-state index contributed by atoms with van der Waals surface area (Å²) < 4.78 is 1.71. The van der Waals surface area contributed by atoms with Gasteiger partial charge in [0.25, 0.3) is 5.91 Å². The maximum absolute atomic E-state index is 13.6. The van der Waals surface area contributed by atoms with Crippen molar-refractivity contribution in [1.29, 1.82) is 0 Å². The van der Waals surface area contributed by atoms with Crippen molar-refractivity contribution in [2.45, 2.75) is 31.7 Å². The first-order chi connectivity index (χ1) is 14.4. The fraction of sp³-hybridized carbons (Fsp3) is 0.304. The highest BCUT2D eigenvalue weighted by Gasteiger charge is 2.59. The summed E-state index contributed by atoms with van der Waals surface area (Å²) in [6.07, 6.45) is 4.22. The molecule has 0 bridgehead atoms. The molecule has 152 valence electrons. The second-order valence-electron chi connectivity index (χ2n) is 8.21. The maximum atomic E-state index is 13.6. The van der Waals surface area contributed by atoms with E-state index in [9.17, 15) is 9.59 Å². The molecule has 0 radical (unpaired) electrons. The van der Waals surface area contributed by atoms with E-state index in [1.807, 2.05) is 68.4 Å². The molecular formula is C23H23N5O2. The quantitative estimate of drug-likeness (QED) is 0.716. The zero-order valence-corrected chi connectivity index (χ0v) is 17.2. The number of aryl methyl sites for hydroxylation is 3. The molecule has 1 saturated heterocycles. The Kier molecular flexibility index (Phi) is 4.03. The van der Waals surface area contributed by atoms with E-state index in [0.29, 0.717) is 18.5 Å². The first kappa shape index (κ1) is 18.5. The SMILES string of the molecule is Cc1cc(C(=O)N2CC[C@]3(C(=O)Nc4ccccc43)[C@@H]2c2cnn(C)c2)cc(C)n1. The van der Waals surface area contributed by atoms with Crippen LogP contribution in [0.1, 0.15) is 45.3 Å². The fourth-order valence-corrected chi connectivity index (χ4v) is 5.07. The molecule has 2 aromatic heterocycles. The number of benzene rings is 1. The number of pyridine rings is 1. The molecule has 1 fully saturated rings. The lowest BCUT2D eigenvalue weighted by Crippen LogP contribution is -2.42. The average Bonchev–Trinajstić information content (AvgIpc) is 3.38. The lowest BCUT2D eigenvalue weighted by molar-refractivity contribution is -0.121. The highest BCUT2D eigenvalue weighted by Crippen LogP contribution is 2.54. The second kappa shape index (κ2) is 6.52. The predicted molar refractivity (Wildman–Crippen MR) is 112 cm³/mol. The number of amides is 2. The molecule has 2 aliphatic heterocycles. The molecule has 3 aromatic rings. The van der Waals surface area contributed by atoms with Crippen molar-refractivity contribution < 1.29 is 9.59 Å². The Bertz CT molecular complexity index is 1160. The molecule has 1 aromatic carbocycles. The molecule has 4 heterocycles. The largest absolute Gasteiger partial charge is 0.330 e. The third-order valence-electron chi connectivity index (χ3n) is 6.22. The minimum Gasteiger partial charge on any atom is -0.330 e. The summed E-state index contributed by atoms with van der Waals surface area (Å²) >= 11 is 0. The number of nitrogens with one attached hydrogen (secondary N) is 1. The van der Waals surface area contributed by atoms with Crippen LogP contribution in [0.25, 0.3) is 0 Å². The Morgan fingerprint density at radius 3 is 2.63 bits per heavy atom. The summed E-state index contributed by atoms with van der Waals surface area (Å²) in [5.41, 5.74) is 3.99. The van der Waals surface area contributed by atoms with Gasteiger partial charge in [-0.05, 0) is 44.0 Å². The van der Waals surface area contributed by atoms with Gasteiger partial charge in [0.1, 0.15) is 5.41 Å². The molecule has 7 heteroatoms. The van der Waals surface area contributed by atoms with E-state index in [4.69, 9.17) is 0 Å². The lowest BCUT2D eigenvalue weighted by atomic mass is 9.73. The molecule has 1 spiro atoms. The number of hydrogen-bond acceptors (Lipinski definition) is 4. The van der Waals surface area contributed by atoms with Crippen LogP contribution < -0.4 is 5.32 Å². The molecule has 0 aliphatic carbocycles. The second-order valence-corrected chi connectivity index (χ2v) is 8.21. The van der Waals surface area contributed by atoms with Crippen molar-refractivity contribution in [3.8, 4) is 0 Å². The van der Waals surface area contributed by atoms with Gasteiger partial charge < -0.3 is 10.2 Å². The van der Waals surface area contributed by atoms with Crippen molar-refractivity contribution in [1.82, 2.24) is 19.7 Å². The summed E-state index contributed by atoms with van der Waals surface area (Å²) in [6, 6.07) is 11.0. The van der Waals surface area contributed by atoms with Crippen LogP contribution in [0.5, 0.6) is 0 Å². The minimum absolute atomic E-state index is 0.0602. The van der Waals surface area contributed by atoms with Crippen LogP contribution in [0, 0.1) is 13.8 Å². The lowest BCUT2D eigenvalue weighted by Gasteiger charge is -2.33. The predicted octanol–water partition coefficient (Wildman–Crippen LogP) is 2.91.